The van der Waals surface area contributed by atoms with E-state index in [-0.39, 0.29) is 22.2 Å². The van der Waals surface area contributed by atoms with Crippen molar-refractivity contribution in [1.82, 2.24) is 9.21 Å². The minimum absolute atomic E-state index is 0.0288. The molecular weight excluding hydrogens is 459 g/mol. The standard InChI is InChI=1S/C20H25FN4O5S2/c1-15(20(26)23-17-5-9-18(10-6-17)31(22,27)28)24-11-2-12-25(14-13-24)32(29,30)19-7-3-16(21)4-8-19/h3-10,15H,2,11-14H2,1H3,(H,23,26)(H2,22,27,28)/t15-/m0/s1. The van der Waals surface area contributed by atoms with Crippen LogP contribution < -0.4 is 10.5 Å². The SMILES string of the molecule is C[C@@H](C(=O)Nc1ccc(S(N)(=O)=O)cc1)N1CCCN(S(=O)(=O)c2ccc(F)cc2)CC1. The van der Waals surface area contributed by atoms with Gasteiger partial charge in [-0.3, -0.25) is 9.69 Å². The first-order valence-electron chi connectivity index (χ1n) is 9.92. The van der Waals surface area contributed by atoms with E-state index in [1.54, 1.807) is 6.92 Å². The minimum atomic E-state index is -3.82. The number of rotatable bonds is 6. The molecule has 0 radical (unpaired) electrons. The molecule has 1 atom stereocenters. The lowest BCUT2D eigenvalue weighted by Gasteiger charge is -2.27. The molecule has 174 valence electrons. The normalized spacial score (nSPS) is 17.5. The Morgan fingerprint density at radius 3 is 2.12 bits per heavy atom. The van der Waals surface area contributed by atoms with Crippen LogP contribution in [0.1, 0.15) is 13.3 Å². The third-order valence-corrected chi connectivity index (χ3v) is 8.16. The number of carbonyl (C=O) groups excluding carboxylic acids is 1. The molecule has 1 aliphatic heterocycles. The highest BCUT2D eigenvalue weighted by Gasteiger charge is 2.30. The molecule has 0 spiro atoms. The fraction of sp³-hybridized carbons (Fsp3) is 0.350. The molecule has 0 bridgehead atoms. The number of nitrogens with two attached hydrogens (primary N) is 1. The van der Waals surface area contributed by atoms with Gasteiger partial charge in [0.05, 0.1) is 15.8 Å². The number of hydrogen-bond acceptors (Lipinski definition) is 6. The summed E-state index contributed by atoms with van der Waals surface area (Å²) in [5, 5.41) is 7.80. The second-order valence-electron chi connectivity index (χ2n) is 7.48. The second kappa shape index (κ2) is 9.63. The Morgan fingerprint density at radius 2 is 1.53 bits per heavy atom. The highest BCUT2D eigenvalue weighted by atomic mass is 32.2. The molecule has 0 aromatic heterocycles. The molecule has 1 aliphatic rings. The van der Waals surface area contributed by atoms with E-state index < -0.39 is 31.9 Å². The van der Waals surface area contributed by atoms with Crippen LogP contribution in [-0.4, -0.2) is 64.2 Å². The molecule has 32 heavy (non-hydrogen) atoms. The highest BCUT2D eigenvalue weighted by molar-refractivity contribution is 7.89. The van der Waals surface area contributed by atoms with Gasteiger partial charge in [-0.1, -0.05) is 0 Å². The number of amides is 1. The van der Waals surface area contributed by atoms with E-state index in [0.29, 0.717) is 31.7 Å². The van der Waals surface area contributed by atoms with Crippen LogP contribution in [0, 0.1) is 5.82 Å². The molecule has 1 amide bonds. The largest absolute Gasteiger partial charge is 0.325 e. The van der Waals surface area contributed by atoms with Gasteiger partial charge in [0.25, 0.3) is 0 Å². The number of nitrogens with zero attached hydrogens (tertiary/aromatic N) is 2. The number of primary sulfonamides is 1. The summed E-state index contributed by atoms with van der Waals surface area (Å²) in [6.45, 7) is 3.08. The number of hydrogen-bond donors (Lipinski definition) is 2. The van der Waals surface area contributed by atoms with Crippen LogP contribution in [0.25, 0.3) is 0 Å². The molecule has 0 aliphatic carbocycles. The van der Waals surface area contributed by atoms with Gasteiger partial charge in [0.15, 0.2) is 0 Å². The molecule has 3 N–H and O–H groups in total. The first kappa shape index (κ1) is 24.3. The molecule has 3 rings (SSSR count). The lowest BCUT2D eigenvalue weighted by molar-refractivity contribution is -0.120. The van der Waals surface area contributed by atoms with E-state index in [2.05, 4.69) is 5.32 Å². The predicted molar refractivity (Wildman–Crippen MR) is 117 cm³/mol. The van der Waals surface area contributed by atoms with Crippen molar-refractivity contribution in [2.24, 2.45) is 5.14 Å². The Bertz CT molecular complexity index is 1170. The zero-order chi connectivity index (χ0) is 23.5. The lowest BCUT2D eigenvalue weighted by Crippen LogP contribution is -2.44. The van der Waals surface area contributed by atoms with Crippen LogP contribution >= 0.6 is 0 Å². The Labute approximate surface area is 187 Å². The van der Waals surface area contributed by atoms with Crippen molar-refractivity contribution in [1.29, 1.82) is 0 Å². The molecule has 1 fully saturated rings. The Balaban J connectivity index is 1.63. The molecule has 1 saturated heterocycles. The zero-order valence-electron chi connectivity index (χ0n) is 17.4. The van der Waals surface area contributed by atoms with Crippen LogP contribution in [0.5, 0.6) is 0 Å². The van der Waals surface area contributed by atoms with Crippen LogP contribution in [0.3, 0.4) is 0 Å². The smallest absolute Gasteiger partial charge is 0.243 e. The van der Waals surface area contributed by atoms with Crippen molar-refractivity contribution in [2.75, 3.05) is 31.5 Å². The average Bonchev–Trinajstić information content (AvgIpc) is 3.00. The monoisotopic (exact) mass is 484 g/mol. The van der Waals surface area contributed by atoms with Gasteiger partial charge in [-0.25, -0.2) is 26.4 Å². The fourth-order valence-electron chi connectivity index (χ4n) is 3.44. The molecule has 0 unspecified atom stereocenters. The summed E-state index contributed by atoms with van der Waals surface area (Å²) in [4.78, 5) is 14.5. The number of halogens is 1. The fourth-order valence-corrected chi connectivity index (χ4v) is 5.42. The van der Waals surface area contributed by atoms with E-state index in [4.69, 9.17) is 5.14 Å². The van der Waals surface area contributed by atoms with Gasteiger partial charge in [-0.05, 0) is 61.9 Å². The number of nitrogens with one attached hydrogen (secondary N) is 1. The van der Waals surface area contributed by atoms with E-state index in [1.165, 1.54) is 40.7 Å². The minimum Gasteiger partial charge on any atom is -0.325 e. The second-order valence-corrected chi connectivity index (χ2v) is 11.0. The van der Waals surface area contributed by atoms with Gasteiger partial charge in [-0.15, -0.1) is 0 Å². The van der Waals surface area contributed by atoms with Gasteiger partial charge in [-0.2, -0.15) is 4.31 Å². The van der Waals surface area contributed by atoms with Gasteiger partial charge in [0.2, 0.25) is 26.0 Å². The molecule has 12 heteroatoms. The lowest BCUT2D eigenvalue weighted by atomic mass is 10.2. The van der Waals surface area contributed by atoms with Crippen molar-refractivity contribution in [2.45, 2.75) is 29.2 Å². The maximum Gasteiger partial charge on any atom is 0.243 e. The van der Waals surface area contributed by atoms with Crippen LogP contribution in [0.2, 0.25) is 0 Å². The average molecular weight is 485 g/mol. The van der Waals surface area contributed by atoms with Crippen molar-refractivity contribution in [3.05, 3.63) is 54.3 Å². The maximum absolute atomic E-state index is 13.1. The van der Waals surface area contributed by atoms with Gasteiger partial charge < -0.3 is 5.32 Å². The van der Waals surface area contributed by atoms with Crippen LogP contribution in [0.4, 0.5) is 10.1 Å². The van der Waals surface area contributed by atoms with E-state index in [0.717, 1.165) is 12.1 Å². The van der Waals surface area contributed by atoms with Gasteiger partial charge >= 0.3 is 0 Å². The summed E-state index contributed by atoms with van der Waals surface area (Å²) in [5.74, 6) is -0.812. The van der Waals surface area contributed by atoms with Crippen molar-refractivity contribution < 1.29 is 26.0 Å². The quantitative estimate of drug-likeness (QED) is 0.634. The van der Waals surface area contributed by atoms with Crippen LogP contribution in [-0.2, 0) is 24.8 Å². The number of anilines is 1. The van der Waals surface area contributed by atoms with Crippen molar-refractivity contribution in [3.63, 3.8) is 0 Å². The topological polar surface area (TPSA) is 130 Å². The number of benzene rings is 2. The highest BCUT2D eigenvalue weighted by Crippen LogP contribution is 2.19. The van der Waals surface area contributed by atoms with Crippen LogP contribution in [0.15, 0.2) is 58.3 Å². The first-order valence-corrected chi connectivity index (χ1v) is 12.9. The molecule has 9 nitrogen and oxygen atoms in total. The summed E-state index contributed by atoms with van der Waals surface area (Å²) in [6, 6.07) is 9.67. The molecule has 0 saturated carbocycles. The Kier molecular flexibility index (Phi) is 7.30. The summed E-state index contributed by atoms with van der Waals surface area (Å²) in [7, 11) is -7.57. The summed E-state index contributed by atoms with van der Waals surface area (Å²) >= 11 is 0. The summed E-state index contributed by atoms with van der Waals surface area (Å²) in [5.41, 5.74) is 0.421. The van der Waals surface area contributed by atoms with Crippen molar-refractivity contribution in [3.8, 4) is 0 Å². The Hall–Kier alpha value is -2.38. The maximum atomic E-state index is 13.1. The third kappa shape index (κ3) is 5.70. The molecule has 2 aromatic rings. The van der Waals surface area contributed by atoms with E-state index in [1.807, 2.05) is 4.90 Å². The summed E-state index contributed by atoms with van der Waals surface area (Å²) < 4.78 is 62.9. The van der Waals surface area contributed by atoms with Crippen molar-refractivity contribution >= 4 is 31.6 Å². The molecule has 2 aromatic carbocycles. The zero-order valence-corrected chi connectivity index (χ0v) is 19.1. The molecular formula is C20H25FN4O5S2. The molecule has 1 heterocycles. The first-order chi connectivity index (χ1) is 15.0. The number of sulfonamides is 2. The Morgan fingerprint density at radius 1 is 0.938 bits per heavy atom. The van der Waals surface area contributed by atoms with E-state index in [9.17, 15) is 26.0 Å². The van der Waals surface area contributed by atoms with E-state index >= 15 is 0 Å². The predicted octanol–water partition coefficient (Wildman–Crippen LogP) is 1.20. The summed E-state index contributed by atoms with van der Waals surface area (Å²) in [6.07, 6.45) is 0.529. The van der Waals surface area contributed by atoms with Gasteiger partial charge in [0, 0.05) is 31.9 Å². The van der Waals surface area contributed by atoms with Gasteiger partial charge in [0.1, 0.15) is 5.82 Å². The number of carbonyl (C=O) groups is 1. The third-order valence-electron chi connectivity index (χ3n) is 5.32.